The van der Waals surface area contributed by atoms with Crippen molar-refractivity contribution < 1.29 is 5.11 Å². The first-order chi connectivity index (χ1) is 8.83. The standard InChI is InChI=1S/C15H25ClN2O/c1-10-14(16)12(18(4)17-10)9-13(19)11-7-5-6-8-15(11,2)3/h11,13,19H,5-9H2,1-4H3. The van der Waals surface area contributed by atoms with Gasteiger partial charge in [0, 0.05) is 13.5 Å². The maximum atomic E-state index is 10.6. The third kappa shape index (κ3) is 2.97. The van der Waals surface area contributed by atoms with Gasteiger partial charge in [-0.15, -0.1) is 0 Å². The SMILES string of the molecule is Cc1nn(C)c(CC(O)C2CCCCC2(C)C)c1Cl. The summed E-state index contributed by atoms with van der Waals surface area (Å²) in [5.74, 6) is 0.354. The molecule has 1 saturated carbocycles. The number of hydrogen-bond donors (Lipinski definition) is 1. The first kappa shape index (κ1) is 14.9. The lowest BCUT2D eigenvalue weighted by Crippen LogP contribution is -2.38. The summed E-state index contributed by atoms with van der Waals surface area (Å²) < 4.78 is 1.80. The van der Waals surface area contributed by atoms with Crippen LogP contribution in [-0.2, 0) is 13.5 Å². The fourth-order valence-corrected chi connectivity index (χ4v) is 3.71. The highest BCUT2D eigenvalue weighted by Crippen LogP contribution is 2.43. The van der Waals surface area contributed by atoms with Crippen molar-refractivity contribution in [3.8, 4) is 0 Å². The van der Waals surface area contributed by atoms with Gasteiger partial charge in [-0.3, -0.25) is 4.68 Å². The molecule has 1 aliphatic carbocycles. The van der Waals surface area contributed by atoms with Crippen LogP contribution >= 0.6 is 11.6 Å². The van der Waals surface area contributed by atoms with Crippen LogP contribution in [0.3, 0.4) is 0 Å². The molecule has 108 valence electrons. The molecule has 1 aromatic heterocycles. The molecule has 19 heavy (non-hydrogen) atoms. The summed E-state index contributed by atoms with van der Waals surface area (Å²) in [5, 5.41) is 15.6. The Morgan fingerprint density at radius 1 is 1.47 bits per heavy atom. The van der Waals surface area contributed by atoms with E-state index in [4.69, 9.17) is 11.6 Å². The monoisotopic (exact) mass is 284 g/mol. The molecule has 1 fully saturated rings. The fourth-order valence-electron chi connectivity index (χ4n) is 3.48. The number of aliphatic hydroxyl groups is 1. The normalized spacial score (nSPS) is 24.4. The molecule has 1 heterocycles. The minimum atomic E-state index is -0.331. The van der Waals surface area contributed by atoms with E-state index in [2.05, 4.69) is 18.9 Å². The summed E-state index contributed by atoms with van der Waals surface area (Å²) in [4.78, 5) is 0. The van der Waals surface area contributed by atoms with Crippen molar-refractivity contribution in [3.63, 3.8) is 0 Å². The molecule has 0 aromatic carbocycles. The second-order valence-electron chi connectivity index (χ2n) is 6.58. The first-order valence-electron chi connectivity index (χ1n) is 7.19. The van der Waals surface area contributed by atoms with Crippen molar-refractivity contribution in [2.45, 2.75) is 59.0 Å². The third-order valence-corrected chi connectivity index (χ3v) is 5.21. The van der Waals surface area contributed by atoms with E-state index in [1.807, 2.05) is 14.0 Å². The molecule has 2 atom stereocenters. The highest BCUT2D eigenvalue weighted by atomic mass is 35.5. The van der Waals surface area contributed by atoms with Crippen LogP contribution in [0.15, 0.2) is 0 Å². The number of nitrogens with zero attached hydrogens (tertiary/aromatic N) is 2. The molecule has 1 N–H and O–H groups in total. The Balaban J connectivity index is 2.14. The summed E-state index contributed by atoms with van der Waals surface area (Å²) in [6, 6.07) is 0. The second-order valence-corrected chi connectivity index (χ2v) is 6.96. The first-order valence-corrected chi connectivity index (χ1v) is 7.57. The number of aliphatic hydroxyl groups excluding tert-OH is 1. The minimum absolute atomic E-state index is 0.220. The minimum Gasteiger partial charge on any atom is -0.392 e. The van der Waals surface area contributed by atoms with Gasteiger partial charge >= 0.3 is 0 Å². The van der Waals surface area contributed by atoms with Crippen molar-refractivity contribution in [2.24, 2.45) is 18.4 Å². The maximum absolute atomic E-state index is 10.6. The van der Waals surface area contributed by atoms with Gasteiger partial charge in [-0.05, 0) is 31.1 Å². The average molecular weight is 285 g/mol. The summed E-state index contributed by atoms with van der Waals surface area (Å²) in [6.07, 6.45) is 5.09. The number of aryl methyl sites for hydroxylation is 2. The van der Waals surface area contributed by atoms with E-state index in [1.54, 1.807) is 4.68 Å². The summed E-state index contributed by atoms with van der Waals surface area (Å²) in [7, 11) is 1.90. The lowest BCUT2D eigenvalue weighted by atomic mass is 9.66. The van der Waals surface area contributed by atoms with Crippen molar-refractivity contribution in [1.82, 2.24) is 9.78 Å². The zero-order valence-electron chi connectivity index (χ0n) is 12.4. The smallest absolute Gasteiger partial charge is 0.0847 e. The molecule has 1 aliphatic rings. The predicted octanol–water partition coefficient (Wildman–Crippen LogP) is 3.50. The Morgan fingerprint density at radius 2 is 2.16 bits per heavy atom. The summed E-state index contributed by atoms with van der Waals surface area (Å²) >= 11 is 6.27. The lowest BCUT2D eigenvalue weighted by molar-refractivity contribution is 0.00488. The molecule has 1 aromatic rings. The van der Waals surface area contributed by atoms with Crippen LogP contribution in [-0.4, -0.2) is 21.0 Å². The number of hydrogen-bond acceptors (Lipinski definition) is 2. The van der Waals surface area contributed by atoms with E-state index in [1.165, 1.54) is 19.3 Å². The average Bonchev–Trinajstić information content (AvgIpc) is 2.55. The van der Waals surface area contributed by atoms with Gasteiger partial charge in [-0.2, -0.15) is 5.10 Å². The quantitative estimate of drug-likeness (QED) is 0.922. The summed E-state index contributed by atoms with van der Waals surface area (Å²) in [5.41, 5.74) is 2.01. The molecule has 0 saturated heterocycles. The third-order valence-electron chi connectivity index (χ3n) is 4.72. The largest absolute Gasteiger partial charge is 0.392 e. The Hall–Kier alpha value is -0.540. The van der Waals surface area contributed by atoms with E-state index in [-0.39, 0.29) is 11.5 Å². The van der Waals surface area contributed by atoms with Crippen molar-refractivity contribution in [2.75, 3.05) is 0 Å². The summed E-state index contributed by atoms with van der Waals surface area (Å²) in [6.45, 7) is 6.45. The van der Waals surface area contributed by atoms with Gasteiger partial charge in [0.2, 0.25) is 0 Å². The molecule has 4 heteroatoms. The number of aromatic nitrogens is 2. The Labute approximate surface area is 121 Å². The maximum Gasteiger partial charge on any atom is 0.0847 e. The van der Waals surface area contributed by atoms with E-state index >= 15 is 0 Å². The zero-order valence-corrected chi connectivity index (χ0v) is 13.2. The van der Waals surface area contributed by atoms with Crippen LogP contribution in [0, 0.1) is 18.3 Å². The topological polar surface area (TPSA) is 38.0 Å². The fraction of sp³-hybridized carbons (Fsp3) is 0.800. The van der Waals surface area contributed by atoms with Gasteiger partial charge in [0.15, 0.2) is 0 Å². The predicted molar refractivity (Wildman–Crippen MR) is 78.4 cm³/mol. The van der Waals surface area contributed by atoms with Gasteiger partial charge in [-0.25, -0.2) is 0 Å². The molecular formula is C15H25ClN2O. The number of rotatable bonds is 3. The van der Waals surface area contributed by atoms with Crippen LogP contribution in [0.25, 0.3) is 0 Å². The van der Waals surface area contributed by atoms with Gasteiger partial charge < -0.3 is 5.11 Å². The molecule has 2 rings (SSSR count). The van der Waals surface area contributed by atoms with E-state index in [0.29, 0.717) is 17.4 Å². The number of halogens is 1. The zero-order chi connectivity index (χ0) is 14.2. The Bertz CT molecular complexity index is 453. The Kier molecular flexibility index (Phi) is 4.26. The highest BCUT2D eigenvalue weighted by molar-refractivity contribution is 6.31. The van der Waals surface area contributed by atoms with Crippen LogP contribution in [0.1, 0.15) is 50.9 Å². The van der Waals surface area contributed by atoms with Crippen LogP contribution in [0.4, 0.5) is 0 Å². The van der Waals surface area contributed by atoms with Gasteiger partial charge in [0.05, 0.1) is 22.5 Å². The van der Waals surface area contributed by atoms with E-state index in [0.717, 1.165) is 17.8 Å². The molecule has 0 aliphatic heterocycles. The molecule has 2 unspecified atom stereocenters. The van der Waals surface area contributed by atoms with Crippen LogP contribution in [0.2, 0.25) is 5.02 Å². The van der Waals surface area contributed by atoms with Gasteiger partial charge in [-0.1, -0.05) is 38.3 Å². The van der Waals surface area contributed by atoms with E-state index < -0.39 is 0 Å². The van der Waals surface area contributed by atoms with Crippen LogP contribution in [0.5, 0.6) is 0 Å². The van der Waals surface area contributed by atoms with Crippen LogP contribution < -0.4 is 0 Å². The van der Waals surface area contributed by atoms with E-state index in [9.17, 15) is 5.11 Å². The molecule has 0 bridgehead atoms. The van der Waals surface area contributed by atoms with Crippen molar-refractivity contribution in [3.05, 3.63) is 16.4 Å². The van der Waals surface area contributed by atoms with Gasteiger partial charge in [0.1, 0.15) is 0 Å². The molecule has 3 nitrogen and oxygen atoms in total. The van der Waals surface area contributed by atoms with Gasteiger partial charge in [0.25, 0.3) is 0 Å². The molecule has 0 amide bonds. The second kappa shape index (κ2) is 5.45. The lowest BCUT2D eigenvalue weighted by Gasteiger charge is -2.41. The highest BCUT2D eigenvalue weighted by Gasteiger charge is 2.37. The molecule has 0 spiro atoms. The Morgan fingerprint density at radius 3 is 2.68 bits per heavy atom. The van der Waals surface area contributed by atoms with Crippen molar-refractivity contribution >= 4 is 11.6 Å². The molecular weight excluding hydrogens is 260 g/mol. The molecule has 0 radical (unpaired) electrons. The van der Waals surface area contributed by atoms with Crippen molar-refractivity contribution in [1.29, 1.82) is 0 Å².